The summed E-state index contributed by atoms with van der Waals surface area (Å²) in [6.07, 6.45) is 4.34. The number of likely N-dealkylation sites (N-methyl/N-ethyl adjacent to an activating group) is 1. The number of aromatic nitrogens is 3. The summed E-state index contributed by atoms with van der Waals surface area (Å²) >= 11 is 9.67. The largest absolute Gasteiger partial charge is 0.495 e. The summed E-state index contributed by atoms with van der Waals surface area (Å²) in [4.78, 5) is 58.9. The molecule has 20 heteroatoms. The van der Waals surface area contributed by atoms with E-state index in [2.05, 4.69) is 48.2 Å². The predicted octanol–water partition coefficient (Wildman–Crippen LogP) is 9.05. The summed E-state index contributed by atoms with van der Waals surface area (Å²) in [5.41, 5.74) is 7.96. The number of para-hydroxylation sites is 1. The predicted molar refractivity (Wildman–Crippen MR) is 294 cm³/mol. The Morgan fingerprint density at radius 1 is 0.986 bits per heavy atom. The highest BCUT2D eigenvalue weighted by Gasteiger charge is 2.46. The number of halogens is 1. The van der Waals surface area contributed by atoms with Crippen molar-refractivity contribution >= 4 is 85.4 Å². The van der Waals surface area contributed by atoms with Gasteiger partial charge >= 0.3 is 0 Å². The number of benzene rings is 3. The number of ether oxygens (including phenoxy) is 1. The molecule has 4 atom stereocenters. The molecule has 16 nitrogen and oxygen atoms in total. The fraction of sp³-hybridized carbons (Fsp3) is 0.472. The van der Waals surface area contributed by atoms with E-state index in [0.717, 1.165) is 77.4 Å². The van der Waals surface area contributed by atoms with Gasteiger partial charge in [-0.25, -0.2) is 18.4 Å². The second-order valence-corrected chi connectivity index (χ2v) is 24.9. The number of nitrogens with one attached hydrogen (secondary N) is 4. The number of hydrogen-bond acceptors (Lipinski definition) is 15. The summed E-state index contributed by atoms with van der Waals surface area (Å²) < 4.78 is 31.2. The standard InChI is InChI=1S/C53H70ClN9O7S3/c1-32(2)73(68,69)46-17-13-12-16-42(46)59-49-41(54)29-55-52(61-49)60-43-26-33(3)39(27-45(43)70-10)22-24-62(9)23-14-11-15-25-72-53(7,8)48(58-36(6)64)51(67)63-30-40(65)28-44(63)50(66)57-34(4)37-18-20-38(21-19-37)47-35(5)56-31-71-47/h12-13,16-21,26-27,29,31-32,34,40,44,48,65H,11,14-15,22-25,28,30H2,1-10H3,(H,57,66)(H,58,64)(H2,55,59,60,61)/t34-,40+,44-,48+/m0/s1. The molecule has 5 N–H and O–H groups in total. The molecule has 0 radical (unpaired) electrons. The number of anilines is 4. The van der Waals surface area contributed by atoms with E-state index >= 15 is 0 Å². The Labute approximate surface area is 443 Å². The van der Waals surface area contributed by atoms with Crippen LogP contribution < -0.4 is 26.0 Å². The van der Waals surface area contributed by atoms with E-state index in [0.29, 0.717) is 17.1 Å². The molecule has 1 aliphatic heterocycles. The highest BCUT2D eigenvalue weighted by molar-refractivity contribution is 8.00. The molecular formula is C53H70ClN9O7S3. The zero-order valence-corrected chi connectivity index (χ0v) is 46.6. The number of thiazole rings is 1. The van der Waals surface area contributed by atoms with E-state index < -0.39 is 38.0 Å². The maximum Gasteiger partial charge on any atom is 0.247 e. The number of methoxy groups -OCH3 is 1. The van der Waals surface area contributed by atoms with Gasteiger partial charge in [-0.1, -0.05) is 54.4 Å². The van der Waals surface area contributed by atoms with E-state index in [-0.39, 0.29) is 58.4 Å². The van der Waals surface area contributed by atoms with Crippen LogP contribution in [0.2, 0.25) is 5.02 Å². The van der Waals surface area contributed by atoms with Gasteiger partial charge in [0.15, 0.2) is 15.7 Å². The van der Waals surface area contributed by atoms with Crippen molar-refractivity contribution in [2.75, 3.05) is 50.2 Å². The molecule has 5 aromatic rings. The van der Waals surface area contributed by atoms with Gasteiger partial charge in [0.2, 0.25) is 23.7 Å². The lowest BCUT2D eigenvalue weighted by atomic mass is 10.0. The van der Waals surface area contributed by atoms with Crippen LogP contribution >= 0.6 is 34.7 Å². The van der Waals surface area contributed by atoms with Gasteiger partial charge in [-0.15, -0.1) is 11.3 Å². The molecule has 1 aliphatic rings. The smallest absolute Gasteiger partial charge is 0.247 e. The first-order valence-corrected chi connectivity index (χ1v) is 28.3. The van der Waals surface area contributed by atoms with Crippen LogP contribution in [0.3, 0.4) is 0 Å². The molecule has 3 heterocycles. The van der Waals surface area contributed by atoms with Crippen molar-refractivity contribution in [2.24, 2.45) is 0 Å². The maximum atomic E-state index is 14.3. The Morgan fingerprint density at radius 3 is 2.38 bits per heavy atom. The molecule has 394 valence electrons. The number of aryl methyl sites for hydroxylation is 2. The molecule has 0 saturated carbocycles. The molecule has 73 heavy (non-hydrogen) atoms. The third-order valence-corrected chi connectivity index (χ3v) is 18.0. The molecule has 6 rings (SSSR count). The number of aliphatic hydroxyl groups excluding tert-OH is 1. The second-order valence-electron chi connectivity index (χ2n) is 19.4. The number of unbranched alkanes of at least 4 members (excludes halogenated alkanes) is 2. The SMILES string of the molecule is COc1cc(CCN(C)CCCCCSC(C)(C)[C@H](NC(C)=O)C(=O)N2C[C@H](O)C[C@H]2C(=O)N[C@@H](C)c2ccc(-c3scnc3C)cc2)c(C)cc1Nc1ncc(Cl)c(Nc2ccccc2S(=O)(=O)C(C)C)n1. The van der Waals surface area contributed by atoms with Gasteiger partial charge in [-0.3, -0.25) is 14.4 Å². The summed E-state index contributed by atoms with van der Waals surface area (Å²) in [7, 11) is 0.129. The average molecular weight is 1080 g/mol. The van der Waals surface area contributed by atoms with Crippen LogP contribution in [0.25, 0.3) is 10.4 Å². The van der Waals surface area contributed by atoms with Crippen molar-refractivity contribution in [3.63, 3.8) is 0 Å². The van der Waals surface area contributed by atoms with Crippen LogP contribution in [0.5, 0.6) is 5.75 Å². The Morgan fingerprint density at radius 2 is 1.71 bits per heavy atom. The first-order chi connectivity index (χ1) is 34.6. The minimum Gasteiger partial charge on any atom is -0.495 e. The minimum atomic E-state index is -3.58. The van der Waals surface area contributed by atoms with Crippen molar-refractivity contribution in [1.29, 1.82) is 0 Å². The zero-order chi connectivity index (χ0) is 53.2. The Balaban J connectivity index is 0.971. The van der Waals surface area contributed by atoms with Crippen LogP contribution in [-0.2, 0) is 30.6 Å². The van der Waals surface area contributed by atoms with E-state index in [1.165, 1.54) is 18.0 Å². The quantitative estimate of drug-likeness (QED) is 0.0366. The van der Waals surface area contributed by atoms with Crippen LogP contribution in [0, 0.1) is 13.8 Å². The van der Waals surface area contributed by atoms with Crippen molar-refractivity contribution in [3.8, 4) is 16.2 Å². The number of carbonyl (C=O) groups excluding carboxylic acids is 3. The van der Waals surface area contributed by atoms with Crippen molar-refractivity contribution < 1.29 is 32.6 Å². The van der Waals surface area contributed by atoms with Gasteiger partial charge in [-0.2, -0.15) is 16.7 Å². The number of hydrogen-bond donors (Lipinski definition) is 5. The molecule has 3 aromatic carbocycles. The molecule has 0 aliphatic carbocycles. The fourth-order valence-electron chi connectivity index (χ4n) is 8.71. The van der Waals surface area contributed by atoms with E-state index in [1.54, 1.807) is 68.3 Å². The first-order valence-electron chi connectivity index (χ1n) is 24.6. The van der Waals surface area contributed by atoms with E-state index in [4.69, 9.17) is 16.3 Å². The van der Waals surface area contributed by atoms with Crippen LogP contribution in [-0.4, -0.2) is 124 Å². The molecule has 3 amide bonds. The lowest BCUT2D eigenvalue weighted by Crippen LogP contribution is -2.59. The van der Waals surface area contributed by atoms with Gasteiger partial charge < -0.3 is 40.9 Å². The number of aliphatic hydroxyl groups is 1. The maximum absolute atomic E-state index is 14.3. The van der Waals surface area contributed by atoms with Crippen LogP contribution in [0.15, 0.2) is 77.3 Å². The van der Waals surface area contributed by atoms with Gasteiger partial charge in [0.05, 0.1) is 63.1 Å². The van der Waals surface area contributed by atoms with E-state index in [9.17, 15) is 27.9 Å². The Bertz CT molecular complexity index is 2830. The number of likely N-dealkylation sites (tertiary alicyclic amines) is 1. The van der Waals surface area contributed by atoms with Gasteiger partial charge in [-0.05, 0) is 134 Å². The number of rotatable bonds is 24. The summed E-state index contributed by atoms with van der Waals surface area (Å²) in [6.45, 7) is 16.2. The third kappa shape index (κ3) is 14.7. The number of carbonyl (C=O) groups is 3. The highest BCUT2D eigenvalue weighted by Crippen LogP contribution is 2.36. The fourth-order valence-corrected chi connectivity index (χ4v) is 12.1. The molecule has 0 unspecified atom stereocenters. The van der Waals surface area contributed by atoms with Gasteiger partial charge in [0.1, 0.15) is 22.9 Å². The molecular weight excluding hydrogens is 1010 g/mol. The average Bonchev–Trinajstić information content (AvgIpc) is 3.97. The third-order valence-electron chi connectivity index (χ3n) is 13.1. The number of sulfone groups is 1. The highest BCUT2D eigenvalue weighted by atomic mass is 35.5. The zero-order valence-electron chi connectivity index (χ0n) is 43.4. The van der Waals surface area contributed by atoms with Crippen molar-refractivity contribution in [3.05, 3.63) is 99.8 Å². The van der Waals surface area contributed by atoms with Crippen molar-refractivity contribution in [1.82, 2.24) is 35.4 Å². The number of amides is 3. The first kappa shape index (κ1) is 57.0. The van der Waals surface area contributed by atoms with Crippen molar-refractivity contribution in [2.45, 2.75) is 127 Å². The van der Waals surface area contributed by atoms with Crippen LogP contribution in [0.4, 0.5) is 23.1 Å². The molecule has 2 aromatic heterocycles. The molecule has 1 saturated heterocycles. The Kier molecular flexibility index (Phi) is 19.7. The van der Waals surface area contributed by atoms with Gasteiger partial charge in [0.25, 0.3) is 0 Å². The van der Waals surface area contributed by atoms with E-state index in [1.807, 2.05) is 76.5 Å². The topological polar surface area (TPSA) is 208 Å². The lowest BCUT2D eigenvalue weighted by Gasteiger charge is -2.37. The monoisotopic (exact) mass is 1080 g/mol. The number of thioether (sulfide) groups is 1. The minimum absolute atomic E-state index is 0.00176. The molecule has 0 spiro atoms. The van der Waals surface area contributed by atoms with Gasteiger partial charge in [0, 0.05) is 31.2 Å². The normalized spacial score (nSPS) is 15.8. The van der Waals surface area contributed by atoms with Crippen LogP contribution in [0.1, 0.15) is 95.7 Å². The summed E-state index contributed by atoms with van der Waals surface area (Å²) in [5.74, 6) is 0.782. The summed E-state index contributed by atoms with van der Waals surface area (Å²) in [6, 6.07) is 16.5. The number of nitrogens with zero attached hydrogens (tertiary/aromatic N) is 5. The second kappa shape index (κ2) is 25.3. The lowest BCUT2D eigenvalue weighted by molar-refractivity contribution is -0.142. The summed E-state index contributed by atoms with van der Waals surface area (Å²) in [5, 5.41) is 22.6. The molecule has 0 bridgehead atoms. The number of β-amino-alcohol motifs (C(OH)–C–C–N with tert-alkyl or cyclic N) is 1. The molecule has 1 fully saturated rings. The Hall–Kier alpha value is -5.31.